The van der Waals surface area contributed by atoms with Gasteiger partial charge in [-0.3, -0.25) is 30.2 Å². The Labute approximate surface area is 239 Å². The third-order valence-corrected chi connectivity index (χ3v) is 5.30. The van der Waals surface area contributed by atoms with E-state index in [2.05, 4.69) is 9.98 Å². The maximum atomic E-state index is 10.7. The smallest absolute Gasteiger partial charge is 0.270 e. The van der Waals surface area contributed by atoms with Gasteiger partial charge < -0.3 is 30.6 Å². The van der Waals surface area contributed by atoms with Crippen molar-refractivity contribution in [3.8, 4) is 23.0 Å². The highest BCUT2D eigenvalue weighted by Crippen LogP contribution is 2.29. The number of phenols is 2. The number of methoxy groups -OCH3 is 2. The lowest BCUT2D eigenvalue weighted by molar-refractivity contribution is -0.385. The normalized spacial score (nSPS) is 10.1. The molecule has 0 aliphatic heterocycles. The number of nitrogens with zero attached hydrogens (tertiary/aromatic N) is 4. The summed E-state index contributed by atoms with van der Waals surface area (Å²) in [5.74, 6) is 1.01. The number of non-ortho nitro benzene ring substituents is 2. The summed E-state index contributed by atoms with van der Waals surface area (Å²) in [6.45, 7) is 0. The molecule has 0 aliphatic rings. The van der Waals surface area contributed by atoms with Gasteiger partial charge in [0.1, 0.15) is 34.4 Å². The van der Waals surface area contributed by atoms with E-state index < -0.39 is 9.85 Å². The van der Waals surface area contributed by atoms with Crippen LogP contribution in [0.15, 0.2) is 94.9 Å². The molecule has 220 valence electrons. The number of ether oxygens (including phenoxy) is 2. The monoisotopic (exact) mass is 580 g/mol. The summed E-state index contributed by atoms with van der Waals surface area (Å²) in [6.07, 6.45) is 2.72. The van der Waals surface area contributed by atoms with Gasteiger partial charge in [-0.2, -0.15) is 0 Å². The van der Waals surface area contributed by atoms with Gasteiger partial charge >= 0.3 is 0 Å². The van der Waals surface area contributed by atoms with Crippen molar-refractivity contribution in [1.82, 2.24) is 0 Å². The van der Waals surface area contributed by atoms with E-state index in [0.717, 1.165) is 0 Å². The van der Waals surface area contributed by atoms with Crippen LogP contribution >= 0.6 is 0 Å². The van der Waals surface area contributed by atoms with Crippen molar-refractivity contribution in [3.63, 3.8) is 0 Å². The van der Waals surface area contributed by atoms with Crippen LogP contribution in [-0.2, 0) is 0 Å². The number of hydrogen-bond acceptors (Lipinski definition) is 10. The van der Waals surface area contributed by atoms with Crippen LogP contribution in [0.3, 0.4) is 0 Å². The number of aromatic hydroxyl groups is 2. The number of aliphatic imine (C=N–C) groups is 2. The molecule has 0 aromatic heterocycles. The topological polar surface area (TPSA) is 233 Å². The van der Waals surface area contributed by atoms with Crippen LogP contribution in [0.5, 0.6) is 23.0 Å². The van der Waals surface area contributed by atoms with Crippen molar-refractivity contribution < 1.29 is 40.5 Å². The fourth-order valence-corrected chi connectivity index (χ4v) is 3.27. The number of rotatable bonds is 8. The fraction of sp³-hybridized carbons (Fsp3) is 0.0714. The molecule has 0 saturated heterocycles. The Kier molecular flexibility index (Phi) is 13.3. The van der Waals surface area contributed by atoms with Gasteiger partial charge in [0.05, 0.1) is 24.1 Å². The van der Waals surface area contributed by atoms with E-state index in [4.69, 9.17) is 9.47 Å². The third kappa shape index (κ3) is 9.11. The maximum Gasteiger partial charge on any atom is 0.270 e. The van der Waals surface area contributed by atoms with E-state index in [1.165, 1.54) is 63.0 Å². The van der Waals surface area contributed by atoms with Crippen molar-refractivity contribution in [2.45, 2.75) is 0 Å². The Morgan fingerprint density at radius 3 is 1.33 bits per heavy atom. The Morgan fingerprint density at radius 1 is 0.643 bits per heavy atom. The number of nitro groups is 2. The van der Waals surface area contributed by atoms with E-state index in [9.17, 15) is 30.4 Å². The van der Waals surface area contributed by atoms with Crippen molar-refractivity contribution in [1.29, 1.82) is 0 Å². The first-order chi connectivity index (χ1) is 19.2. The minimum absolute atomic E-state index is 0. The molecule has 0 saturated carbocycles. The summed E-state index contributed by atoms with van der Waals surface area (Å²) in [5, 5.41) is 40.7. The second kappa shape index (κ2) is 16.3. The molecule has 14 nitrogen and oxygen atoms in total. The molecule has 6 N–H and O–H groups in total. The molecule has 4 aromatic rings. The Morgan fingerprint density at radius 2 is 1.00 bits per heavy atom. The van der Waals surface area contributed by atoms with Crippen molar-refractivity contribution in [2.75, 3.05) is 14.2 Å². The molecule has 0 unspecified atom stereocenters. The van der Waals surface area contributed by atoms with Crippen LogP contribution in [0.25, 0.3) is 0 Å². The predicted octanol–water partition coefficient (Wildman–Crippen LogP) is 4.47. The largest absolute Gasteiger partial charge is 0.507 e. The number of phenolic OH excluding ortho intramolecular Hbond substituents is 2. The summed E-state index contributed by atoms with van der Waals surface area (Å²) in [7, 11) is 3.05. The Balaban J connectivity index is 0.000000401. The van der Waals surface area contributed by atoms with E-state index >= 15 is 0 Å². The molecule has 42 heavy (non-hydrogen) atoms. The number of hydrogen-bond donors (Lipinski definition) is 2. The lowest BCUT2D eigenvalue weighted by atomic mass is 10.2. The average molecular weight is 581 g/mol. The van der Waals surface area contributed by atoms with E-state index in [-0.39, 0.29) is 45.0 Å². The highest BCUT2D eigenvalue weighted by molar-refractivity contribution is 5.87. The van der Waals surface area contributed by atoms with Crippen LogP contribution in [-0.4, -0.2) is 57.7 Å². The standard InChI is InChI=1S/2C14H12N2O4.2H2O/c2*1-20-14-5-3-2-4-12(14)15-9-10-8-11(16(18)19)6-7-13(10)17;;/h2*2-9,17H,1H3;2*1H2. The first-order valence-corrected chi connectivity index (χ1v) is 11.5. The summed E-state index contributed by atoms with van der Waals surface area (Å²) in [4.78, 5) is 28.7. The second-order valence-electron chi connectivity index (χ2n) is 7.86. The molecule has 0 aliphatic carbocycles. The van der Waals surface area contributed by atoms with E-state index in [1.807, 2.05) is 12.1 Å². The van der Waals surface area contributed by atoms with Gasteiger partial charge in [-0.1, -0.05) is 24.3 Å². The zero-order valence-electron chi connectivity index (χ0n) is 22.4. The highest BCUT2D eigenvalue weighted by Gasteiger charge is 2.10. The average Bonchev–Trinajstić information content (AvgIpc) is 2.96. The zero-order chi connectivity index (χ0) is 29.1. The van der Waals surface area contributed by atoms with Crippen molar-refractivity contribution in [3.05, 3.63) is 116 Å². The van der Waals surface area contributed by atoms with Gasteiger partial charge in [0, 0.05) is 47.8 Å². The molecule has 0 atom stereocenters. The number of para-hydroxylation sites is 4. The number of nitro benzene ring substituents is 2. The molecule has 14 heteroatoms. The summed E-state index contributed by atoms with van der Waals surface area (Å²) < 4.78 is 10.3. The predicted molar refractivity (Wildman–Crippen MR) is 157 cm³/mol. The van der Waals surface area contributed by atoms with Crippen LogP contribution in [0, 0.1) is 20.2 Å². The van der Waals surface area contributed by atoms with Crippen LogP contribution in [0.2, 0.25) is 0 Å². The van der Waals surface area contributed by atoms with E-state index in [0.29, 0.717) is 22.9 Å². The van der Waals surface area contributed by atoms with Crippen molar-refractivity contribution >= 4 is 35.2 Å². The summed E-state index contributed by atoms with van der Waals surface area (Å²) in [5.41, 5.74) is 1.46. The minimum Gasteiger partial charge on any atom is -0.507 e. The van der Waals surface area contributed by atoms with Crippen LogP contribution in [0.4, 0.5) is 22.7 Å². The molecule has 0 spiro atoms. The first kappa shape index (κ1) is 34.2. The van der Waals surface area contributed by atoms with Gasteiger partial charge in [0.2, 0.25) is 0 Å². The molecule has 0 radical (unpaired) electrons. The maximum absolute atomic E-state index is 10.7. The van der Waals surface area contributed by atoms with Gasteiger partial charge in [0.15, 0.2) is 0 Å². The molecular formula is C28H28N4O10. The van der Waals surface area contributed by atoms with E-state index in [1.54, 1.807) is 36.4 Å². The van der Waals surface area contributed by atoms with Gasteiger partial charge in [0.25, 0.3) is 11.4 Å². The number of benzene rings is 4. The molecule has 0 heterocycles. The summed E-state index contributed by atoms with van der Waals surface area (Å²) >= 11 is 0. The summed E-state index contributed by atoms with van der Waals surface area (Å²) in [6, 6.07) is 21.7. The van der Waals surface area contributed by atoms with Crippen LogP contribution < -0.4 is 9.47 Å². The molecule has 4 aromatic carbocycles. The SMILES string of the molecule is COc1ccccc1N=Cc1cc([N+](=O)[O-])ccc1O.COc1ccccc1N=Cc1cc([N+](=O)[O-])ccc1O.O.O. The van der Waals surface area contributed by atoms with Gasteiger partial charge in [-0.15, -0.1) is 0 Å². The quantitative estimate of drug-likeness (QED) is 0.171. The second-order valence-corrected chi connectivity index (χ2v) is 7.86. The molecule has 0 amide bonds. The molecular weight excluding hydrogens is 552 g/mol. The lowest BCUT2D eigenvalue weighted by Gasteiger charge is -2.03. The Bertz CT molecular complexity index is 1460. The zero-order valence-corrected chi connectivity index (χ0v) is 22.4. The van der Waals surface area contributed by atoms with Gasteiger partial charge in [-0.05, 0) is 36.4 Å². The first-order valence-electron chi connectivity index (χ1n) is 11.5. The van der Waals surface area contributed by atoms with Crippen LogP contribution in [0.1, 0.15) is 11.1 Å². The van der Waals surface area contributed by atoms with Crippen molar-refractivity contribution in [2.24, 2.45) is 9.98 Å². The molecule has 4 rings (SSSR count). The highest BCUT2D eigenvalue weighted by atomic mass is 16.6. The Hall–Kier alpha value is -5.86. The molecule has 0 bridgehead atoms. The fourth-order valence-electron chi connectivity index (χ4n) is 3.27. The third-order valence-electron chi connectivity index (χ3n) is 5.30. The minimum atomic E-state index is -0.528. The van der Waals surface area contributed by atoms with Gasteiger partial charge in [-0.25, -0.2) is 0 Å². The lowest BCUT2D eigenvalue weighted by Crippen LogP contribution is -1.90. The molecule has 0 fully saturated rings.